The van der Waals surface area contributed by atoms with Crippen molar-refractivity contribution >= 4 is 22.6 Å². The van der Waals surface area contributed by atoms with E-state index in [4.69, 9.17) is 14.2 Å². The maximum atomic E-state index is 5.77. The minimum absolute atomic E-state index is 0.635. The van der Waals surface area contributed by atoms with Gasteiger partial charge in [-0.1, -0.05) is 6.07 Å². The Balaban J connectivity index is 1.68. The van der Waals surface area contributed by atoms with Gasteiger partial charge < -0.3 is 14.2 Å². The Morgan fingerprint density at radius 1 is 0.864 bits per heavy atom. The summed E-state index contributed by atoms with van der Waals surface area (Å²) in [7, 11) is 0. The van der Waals surface area contributed by atoms with Crippen LogP contribution in [0.2, 0.25) is 0 Å². The van der Waals surface area contributed by atoms with Crippen LogP contribution < -0.4 is 14.2 Å². The van der Waals surface area contributed by atoms with Crippen LogP contribution in [0.1, 0.15) is 18.9 Å². The lowest BCUT2D eigenvalue weighted by Gasteiger charge is -2.10. The van der Waals surface area contributed by atoms with Gasteiger partial charge >= 0.3 is 0 Å². The predicted molar refractivity (Wildman–Crippen MR) is 97.1 cm³/mol. The lowest BCUT2D eigenvalue weighted by molar-refractivity contribution is 0.246. The average Bonchev–Trinajstić information content (AvgIpc) is 2.51. The normalized spacial score (nSPS) is 10.3. The molecule has 0 atom stereocenters. The van der Waals surface area contributed by atoms with Gasteiger partial charge in [0.25, 0.3) is 0 Å². The van der Waals surface area contributed by atoms with E-state index in [0.717, 1.165) is 27.2 Å². The number of ether oxygens (including phenoxy) is 3. The molecule has 4 heteroatoms. The Labute approximate surface area is 145 Å². The van der Waals surface area contributed by atoms with Gasteiger partial charge in [0.05, 0.1) is 23.4 Å². The molecule has 0 aliphatic heterocycles. The second-order valence-electron chi connectivity index (χ2n) is 4.89. The van der Waals surface area contributed by atoms with E-state index in [-0.39, 0.29) is 0 Å². The van der Waals surface area contributed by atoms with Gasteiger partial charge in [0, 0.05) is 6.42 Å². The molecule has 2 rings (SSSR count). The van der Waals surface area contributed by atoms with Crippen molar-refractivity contribution < 1.29 is 14.2 Å². The smallest absolute Gasteiger partial charge is 0.132 e. The zero-order valence-electron chi connectivity index (χ0n) is 13.0. The molecule has 0 N–H and O–H groups in total. The van der Waals surface area contributed by atoms with E-state index in [0.29, 0.717) is 19.8 Å². The van der Waals surface area contributed by atoms with Crippen molar-refractivity contribution in [3.05, 3.63) is 51.6 Å². The molecule has 0 amide bonds. The van der Waals surface area contributed by atoms with Gasteiger partial charge in [-0.2, -0.15) is 0 Å². The van der Waals surface area contributed by atoms with Gasteiger partial charge in [-0.25, -0.2) is 0 Å². The number of hydrogen-bond acceptors (Lipinski definition) is 3. The van der Waals surface area contributed by atoms with Crippen LogP contribution in [0.4, 0.5) is 0 Å². The summed E-state index contributed by atoms with van der Waals surface area (Å²) < 4.78 is 18.0. The monoisotopic (exact) mass is 412 g/mol. The lowest BCUT2D eigenvalue weighted by Crippen LogP contribution is -2.05. The molecule has 0 unspecified atom stereocenters. The number of rotatable bonds is 8. The molecule has 0 saturated carbocycles. The van der Waals surface area contributed by atoms with E-state index in [1.807, 2.05) is 37.3 Å². The Kier molecular flexibility index (Phi) is 6.83. The third-order valence-electron chi connectivity index (χ3n) is 3.04. The molecule has 22 heavy (non-hydrogen) atoms. The molecule has 0 aliphatic rings. The average molecular weight is 412 g/mol. The van der Waals surface area contributed by atoms with Gasteiger partial charge in [0.1, 0.15) is 17.2 Å². The lowest BCUT2D eigenvalue weighted by atomic mass is 10.2. The highest BCUT2D eigenvalue weighted by Crippen LogP contribution is 2.22. The maximum absolute atomic E-state index is 5.77. The summed E-state index contributed by atoms with van der Waals surface area (Å²) in [5, 5.41) is 0. The Morgan fingerprint density at radius 2 is 1.50 bits per heavy atom. The molecular weight excluding hydrogens is 391 g/mol. The highest BCUT2D eigenvalue weighted by molar-refractivity contribution is 14.1. The van der Waals surface area contributed by atoms with Gasteiger partial charge in [-0.15, -0.1) is 0 Å². The molecule has 0 fully saturated rings. The first kappa shape index (κ1) is 16.9. The zero-order valence-corrected chi connectivity index (χ0v) is 15.1. The standard InChI is InChI=1S/C18H21IO3/c1-3-20-15-6-8-16(9-7-15)21-11-4-12-22-18-10-5-14(2)13-17(18)19/h5-10,13H,3-4,11-12H2,1-2H3. The quantitative estimate of drug-likeness (QED) is 0.459. The fraction of sp³-hybridized carbons (Fsp3) is 0.333. The van der Waals surface area contributed by atoms with Crippen molar-refractivity contribution in [2.75, 3.05) is 19.8 Å². The van der Waals surface area contributed by atoms with Crippen molar-refractivity contribution in [1.29, 1.82) is 0 Å². The van der Waals surface area contributed by atoms with Crippen LogP contribution in [-0.4, -0.2) is 19.8 Å². The Hall–Kier alpha value is -1.43. The first-order valence-electron chi connectivity index (χ1n) is 7.43. The molecule has 0 aliphatic carbocycles. The van der Waals surface area contributed by atoms with E-state index >= 15 is 0 Å². The summed E-state index contributed by atoms with van der Waals surface area (Å²) in [5.74, 6) is 2.66. The third kappa shape index (κ3) is 5.40. The fourth-order valence-corrected chi connectivity index (χ4v) is 2.78. The highest BCUT2D eigenvalue weighted by Gasteiger charge is 2.01. The Bertz CT molecular complexity index is 581. The second kappa shape index (κ2) is 8.88. The first-order valence-corrected chi connectivity index (χ1v) is 8.51. The van der Waals surface area contributed by atoms with Crippen LogP contribution in [0.25, 0.3) is 0 Å². The third-order valence-corrected chi connectivity index (χ3v) is 3.88. The minimum atomic E-state index is 0.635. The van der Waals surface area contributed by atoms with Crippen LogP contribution in [-0.2, 0) is 0 Å². The molecule has 0 heterocycles. The topological polar surface area (TPSA) is 27.7 Å². The first-order chi connectivity index (χ1) is 10.7. The number of benzene rings is 2. The van der Waals surface area contributed by atoms with Crippen molar-refractivity contribution in [1.82, 2.24) is 0 Å². The summed E-state index contributed by atoms with van der Waals surface area (Å²) in [5.41, 5.74) is 1.25. The molecular formula is C18H21IO3. The van der Waals surface area contributed by atoms with Crippen LogP contribution in [0.5, 0.6) is 17.2 Å². The van der Waals surface area contributed by atoms with E-state index in [1.165, 1.54) is 5.56 Å². The van der Waals surface area contributed by atoms with E-state index in [1.54, 1.807) is 0 Å². The minimum Gasteiger partial charge on any atom is -0.494 e. The summed E-state index contributed by atoms with van der Waals surface area (Å²) in [4.78, 5) is 0. The van der Waals surface area contributed by atoms with E-state index < -0.39 is 0 Å². The SMILES string of the molecule is CCOc1ccc(OCCCOc2ccc(C)cc2I)cc1. The molecule has 2 aromatic carbocycles. The summed E-state index contributed by atoms with van der Waals surface area (Å²) in [6.45, 7) is 6.01. The molecule has 0 spiro atoms. The van der Waals surface area contributed by atoms with Gasteiger partial charge in [-0.05, 0) is 78.4 Å². The summed E-state index contributed by atoms with van der Waals surface area (Å²) >= 11 is 2.30. The Morgan fingerprint density at radius 3 is 2.14 bits per heavy atom. The van der Waals surface area contributed by atoms with E-state index in [9.17, 15) is 0 Å². The number of hydrogen-bond donors (Lipinski definition) is 0. The highest BCUT2D eigenvalue weighted by atomic mass is 127. The van der Waals surface area contributed by atoms with Gasteiger partial charge in [0.2, 0.25) is 0 Å². The molecule has 118 valence electrons. The van der Waals surface area contributed by atoms with Crippen LogP contribution in [0.15, 0.2) is 42.5 Å². The van der Waals surface area contributed by atoms with Gasteiger partial charge in [0.15, 0.2) is 0 Å². The van der Waals surface area contributed by atoms with Gasteiger partial charge in [-0.3, -0.25) is 0 Å². The van der Waals surface area contributed by atoms with Crippen LogP contribution in [0.3, 0.4) is 0 Å². The molecule has 0 saturated heterocycles. The fourth-order valence-electron chi connectivity index (χ4n) is 1.95. The zero-order chi connectivity index (χ0) is 15.8. The van der Waals surface area contributed by atoms with Crippen molar-refractivity contribution in [3.63, 3.8) is 0 Å². The van der Waals surface area contributed by atoms with E-state index in [2.05, 4.69) is 41.6 Å². The molecule has 2 aromatic rings. The molecule has 3 nitrogen and oxygen atoms in total. The van der Waals surface area contributed by atoms with Crippen molar-refractivity contribution in [3.8, 4) is 17.2 Å². The molecule has 0 aromatic heterocycles. The molecule has 0 bridgehead atoms. The number of halogens is 1. The second-order valence-corrected chi connectivity index (χ2v) is 6.05. The maximum Gasteiger partial charge on any atom is 0.132 e. The van der Waals surface area contributed by atoms with Crippen LogP contribution in [0, 0.1) is 10.5 Å². The predicted octanol–water partition coefficient (Wildman–Crippen LogP) is 4.85. The van der Waals surface area contributed by atoms with Crippen molar-refractivity contribution in [2.45, 2.75) is 20.3 Å². The largest absolute Gasteiger partial charge is 0.494 e. The number of aryl methyl sites for hydroxylation is 1. The summed E-state index contributed by atoms with van der Waals surface area (Å²) in [6, 6.07) is 13.9. The molecule has 0 radical (unpaired) electrons. The van der Waals surface area contributed by atoms with Crippen molar-refractivity contribution in [2.24, 2.45) is 0 Å². The van der Waals surface area contributed by atoms with Crippen LogP contribution >= 0.6 is 22.6 Å². The summed E-state index contributed by atoms with van der Waals surface area (Å²) in [6.07, 6.45) is 0.844.